The third-order valence-electron chi connectivity index (χ3n) is 10.8. The van der Waals surface area contributed by atoms with Crippen LogP contribution in [0.25, 0.3) is 5.57 Å². The summed E-state index contributed by atoms with van der Waals surface area (Å²) in [5, 5.41) is 0. The predicted molar refractivity (Wildman–Crippen MR) is 203 cm³/mol. The minimum Gasteiger partial charge on any atom is -0.314 e. The van der Waals surface area contributed by atoms with Crippen molar-refractivity contribution in [2.24, 2.45) is 17.3 Å². The van der Waals surface area contributed by atoms with Crippen LogP contribution in [-0.2, 0) is 5.41 Å². The van der Waals surface area contributed by atoms with Crippen LogP contribution in [0.3, 0.4) is 0 Å². The van der Waals surface area contributed by atoms with E-state index in [2.05, 4.69) is 152 Å². The van der Waals surface area contributed by atoms with Gasteiger partial charge in [0.2, 0.25) is 0 Å². The standard InChI is InChI=1S/C45H61N/c1-10-44(8,31-15-17-34(3)4)38-25-23-37(24-26-38)42-30-27-39(45(9,11-2)32-16-18-35(5)6)33-43(42)46(40-19-13-12-14-20-40)41-28-21-36(7)22-29-41/h12-14,19-21,23,25,27-28,30,33-35H,10-11,15-18,22,29,31-32H2,1-9H3. The summed E-state index contributed by atoms with van der Waals surface area (Å²) in [6.45, 7) is 21.2. The van der Waals surface area contributed by atoms with Gasteiger partial charge in [-0.15, -0.1) is 0 Å². The van der Waals surface area contributed by atoms with E-state index < -0.39 is 0 Å². The summed E-state index contributed by atoms with van der Waals surface area (Å²) in [6.07, 6.45) is 21.1. The molecular formula is C45H61N. The van der Waals surface area contributed by atoms with Gasteiger partial charge in [0.1, 0.15) is 0 Å². The Bertz CT molecular complexity index is 1520. The van der Waals surface area contributed by atoms with Gasteiger partial charge in [0.25, 0.3) is 0 Å². The van der Waals surface area contributed by atoms with Crippen molar-refractivity contribution >= 4 is 16.9 Å². The van der Waals surface area contributed by atoms with Gasteiger partial charge < -0.3 is 4.90 Å². The van der Waals surface area contributed by atoms with E-state index in [1.165, 1.54) is 77.9 Å². The van der Waals surface area contributed by atoms with Crippen LogP contribution in [0.15, 0.2) is 101 Å². The quantitative estimate of drug-likeness (QED) is 0.170. The first-order chi connectivity index (χ1) is 22.0. The maximum atomic E-state index is 3.69. The second-order valence-corrected chi connectivity index (χ2v) is 15.4. The van der Waals surface area contributed by atoms with E-state index in [-0.39, 0.29) is 10.8 Å². The molecule has 2 aromatic rings. The summed E-state index contributed by atoms with van der Waals surface area (Å²) in [6, 6.07) is 18.3. The van der Waals surface area contributed by atoms with Crippen molar-refractivity contribution in [1.82, 2.24) is 0 Å². The van der Waals surface area contributed by atoms with Crippen LogP contribution in [-0.4, -0.2) is 0 Å². The third kappa shape index (κ3) is 8.76. The van der Waals surface area contributed by atoms with Crippen LogP contribution in [0, 0.1) is 17.3 Å². The van der Waals surface area contributed by atoms with Crippen molar-refractivity contribution in [2.45, 2.75) is 132 Å². The van der Waals surface area contributed by atoms with Crippen molar-refractivity contribution in [3.8, 4) is 0 Å². The van der Waals surface area contributed by atoms with Crippen LogP contribution < -0.4 is 4.90 Å². The fourth-order valence-electron chi connectivity index (χ4n) is 7.00. The molecule has 0 heterocycles. The van der Waals surface area contributed by atoms with Gasteiger partial charge in [-0.05, 0) is 105 Å². The van der Waals surface area contributed by atoms with E-state index in [4.69, 9.17) is 0 Å². The molecule has 2 atom stereocenters. The molecule has 0 radical (unpaired) electrons. The Morgan fingerprint density at radius 3 is 1.96 bits per heavy atom. The van der Waals surface area contributed by atoms with Crippen LogP contribution in [0.1, 0.15) is 138 Å². The van der Waals surface area contributed by atoms with Gasteiger partial charge in [0.05, 0.1) is 5.69 Å². The van der Waals surface area contributed by atoms with Gasteiger partial charge in [0.15, 0.2) is 0 Å². The molecule has 0 aliphatic heterocycles. The summed E-state index contributed by atoms with van der Waals surface area (Å²) in [4.78, 5) is 2.52. The molecule has 0 N–H and O–H groups in total. The molecule has 246 valence electrons. The van der Waals surface area contributed by atoms with Gasteiger partial charge in [-0.1, -0.05) is 135 Å². The highest BCUT2D eigenvalue weighted by Crippen LogP contribution is 2.44. The van der Waals surface area contributed by atoms with Crippen LogP contribution in [0.2, 0.25) is 0 Å². The Morgan fingerprint density at radius 1 is 0.761 bits per heavy atom. The molecule has 0 saturated heterocycles. The SMILES string of the molecule is CCC(C)(CCCC(C)C)C1=C=C=C(c2ccc(C(C)(CC)CCCC(C)C)cc2N(C2=CC=C(C)CC2)c2ccccc2)C=C1. The largest absolute Gasteiger partial charge is 0.314 e. The lowest BCUT2D eigenvalue weighted by atomic mass is 9.74. The first-order valence-corrected chi connectivity index (χ1v) is 18.3. The van der Waals surface area contributed by atoms with Crippen LogP contribution >= 0.6 is 0 Å². The van der Waals surface area contributed by atoms with E-state index in [0.29, 0.717) is 0 Å². The fourth-order valence-corrected chi connectivity index (χ4v) is 7.00. The number of hydrogen-bond donors (Lipinski definition) is 0. The lowest BCUT2D eigenvalue weighted by molar-refractivity contribution is 0.333. The predicted octanol–water partition coefficient (Wildman–Crippen LogP) is 13.8. The van der Waals surface area contributed by atoms with Crippen LogP contribution in [0.4, 0.5) is 11.4 Å². The third-order valence-corrected chi connectivity index (χ3v) is 10.8. The molecule has 2 aliphatic carbocycles. The van der Waals surface area contributed by atoms with Crippen molar-refractivity contribution in [1.29, 1.82) is 0 Å². The molecule has 1 nitrogen and oxygen atoms in total. The van der Waals surface area contributed by atoms with Crippen molar-refractivity contribution < 1.29 is 0 Å². The Labute approximate surface area is 282 Å². The lowest BCUT2D eigenvalue weighted by Gasteiger charge is -2.35. The zero-order valence-electron chi connectivity index (χ0n) is 30.6. The summed E-state index contributed by atoms with van der Waals surface area (Å²) < 4.78 is 0. The average Bonchev–Trinajstić information content (AvgIpc) is 3.06. The van der Waals surface area contributed by atoms with Gasteiger partial charge in [-0.2, -0.15) is 0 Å². The van der Waals surface area contributed by atoms with E-state index in [1.54, 1.807) is 0 Å². The summed E-state index contributed by atoms with van der Waals surface area (Å²) in [5.74, 6) is 1.48. The normalized spacial score (nSPS) is 17.3. The molecule has 0 aromatic heterocycles. The topological polar surface area (TPSA) is 3.24 Å². The molecule has 1 heteroatoms. The molecule has 0 spiro atoms. The Balaban J connectivity index is 1.89. The second-order valence-electron chi connectivity index (χ2n) is 15.4. The number of allylic oxidation sites excluding steroid dienone is 8. The number of para-hydroxylation sites is 1. The zero-order chi connectivity index (χ0) is 33.3. The number of nitrogens with zero attached hydrogens (tertiary/aromatic N) is 1. The molecule has 0 bridgehead atoms. The highest BCUT2D eigenvalue weighted by atomic mass is 15.2. The molecular weight excluding hydrogens is 555 g/mol. The molecule has 0 saturated carbocycles. The maximum Gasteiger partial charge on any atom is 0.0546 e. The van der Waals surface area contributed by atoms with Gasteiger partial charge in [0, 0.05) is 33.5 Å². The minimum absolute atomic E-state index is 0.126. The second kappa shape index (κ2) is 16.0. The van der Waals surface area contributed by atoms with Crippen molar-refractivity contribution in [3.63, 3.8) is 0 Å². The minimum atomic E-state index is 0.126. The first kappa shape index (κ1) is 35.6. The van der Waals surface area contributed by atoms with Crippen molar-refractivity contribution in [3.05, 3.63) is 112 Å². The van der Waals surface area contributed by atoms with Gasteiger partial charge >= 0.3 is 0 Å². The zero-order valence-corrected chi connectivity index (χ0v) is 30.6. The molecule has 2 aromatic carbocycles. The lowest BCUT2D eigenvalue weighted by Crippen LogP contribution is -2.24. The molecule has 2 unspecified atom stereocenters. The summed E-state index contributed by atoms with van der Waals surface area (Å²) in [5.41, 5.74) is 17.9. The molecule has 46 heavy (non-hydrogen) atoms. The summed E-state index contributed by atoms with van der Waals surface area (Å²) in [7, 11) is 0. The monoisotopic (exact) mass is 615 g/mol. The summed E-state index contributed by atoms with van der Waals surface area (Å²) >= 11 is 0. The number of rotatable bonds is 16. The fraction of sp³-hybridized carbons (Fsp3) is 0.511. The van der Waals surface area contributed by atoms with E-state index in [1.807, 2.05) is 0 Å². The highest BCUT2D eigenvalue weighted by molar-refractivity contribution is 5.87. The van der Waals surface area contributed by atoms with Crippen molar-refractivity contribution in [2.75, 3.05) is 4.90 Å². The Hall–Kier alpha value is -3.24. The molecule has 0 amide bonds. The first-order valence-electron chi connectivity index (χ1n) is 18.3. The maximum absolute atomic E-state index is 3.69. The highest BCUT2D eigenvalue weighted by Gasteiger charge is 2.29. The Kier molecular flexibility index (Phi) is 12.4. The van der Waals surface area contributed by atoms with Crippen LogP contribution in [0.5, 0.6) is 0 Å². The Morgan fingerprint density at radius 2 is 1.41 bits per heavy atom. The van der Waals surface area contributed by atoms with Gasteiger partial charge in [-0.3, -0.25) is 0 Å². The van der Waals surface area contributed by atoms with Gasteiger partial charge in [-0.25, -0.2) is 0 Å². The number of hydrogen-bond acceptors (Lipinski definition) is 1. The average molecular weight is 616 g/mol. The van der Waals surface area contributed by atoms with E-state index in [9.17, 15) is 0 Å². The number of benzene rings is 2. The smallest absolute Gasteiger partial charge is 0.0546 e. The van der Waals surface area contributed by atoms with E-state index in [0.717, 1.165) is 43.1 Å². The number of anilines is 2. The molecule has 4 rings (SSSR count). The van der Waals surface area contributed by atoms with E-state index >= 15 is 0 Å². The molecule has 0 fully saturated rings. The molecule has 2 aliphatic rings.